The highest BCUT2D eigenvalue weighted by Gasteiger charge is 2.32. The van der Waals surface area contributed by atoms with E-state index in [0.717, 1.165) is 29.6 Å². The molecule has 0 fully saturated rings. The lowest BCUT2D eigenvalue weighted by molar-refractivity contribution is -0.138. The monoisotopic (exact) mass is 466 g/mol. The number of aryl methyl sites for hydroxylation is 1. The van der Waals surface area contributed by atoms with Gasteiger partial charge in [0.1, 0.15) is 5.82 Å². The highest BCUT2D eigenvalue weighted by Crippen LogP contribution is 2.30. The maximum Gasteiger partial charge on any atom is 0.418 e. The Labute approximate surface area is 186 Å². The highest BCUT2D eigenvalue weighted by atomic mass is 19.4. The number of alkyl halides is 6. The second-order valence-corrected chi connectivity index (χ2v) is 6.57. The van der Waals surface area contributed by atoms with E-state index in [1.165, 1.54) is 25.3 Å². The van der Waals surface area contributed by atoms with Crippen LogP contribution in [-0.2, 0) is 12.4 Å². The maximum atomic E-state index is 12.5. The number of nitrogens with zero attached hydrogens (tertiary/aromatic N) is 3. The van der Waals surface area contributed by atoms with Gasteiger partial charge in [-0.15, -0.1) is 0 Å². The Balaban J connectivity index is 0.000000294. The summed E-state index contributed by atoms with van der Waals surface area (Å²) in [6.07, 6.45) is 3.97. The van der Waals surface area contributed by atoms with E-state index in [2.05, 4.69) is 26.9 Å². The Morgan fingerprint density at radius 2 is 1.76 bits per heavy atom. The Kier molecular flexibility index (Phi) is 8.72. The summed E-state index contributed by atoms with van der Waals surface area (Å²) in [5.41, 5.74) is 0.222. The lowest BCUT2D eigenvalue weighted by Crippen LogP contribution is -2.11. The fraction of sp³-hybridized carbons (Fsp3) is 0.174. The third kappa shape index (κ3) is 8.06. The van der Waals surface area contributed by atoms with Gasteiger partial charge in [-0.25, -0.2) is 4.98 Å². The molecule has 1 N–H and O–H groups in total. The summed E-state index contributed by atoms with van der Waals surface area (Å²) < 4.78 is 73.5. The number of hydrogen-bond acceptors (Lipinski definition) is 4. The van der Waals surface area contributed by atoms with Gasteiger partial charge in [0.25, 0.3) is 0 Å². The van der Waals surface area contributed by atoms with Gasteiger partial charge in [0.05, 0.1) is 17.7 Å². The number of anilines is 1. The summed E-state index contributed by atoms with van der Waals surface area (Å²) >= 11 is 0. The molecule has 4 nitrogen and oxygen atoms in total. The molecule has 0 saturated heterocycles. The molecule has 0 aliphatic carbocycles. The van der Waals surface area contributed by atoms with Crippen molar-refractivity contribution in [1.82, 2.24) is 9.97 Å². The molecule has 0 saturated carbocycles. The topological polar surface area (TPSA) is 50.2 Å². The average molecular weight is 466 g/mol. The summed E-state index contributed by atoms with van der Waals surface area (Å²) in [7, 11) is 0. The zero-order chi connectivity index (χ0) is 24.5. The quantitative estimate of drug-likeness (QED) is 0.410. The molecule has 3 rings (SSSR count). The van der Waals surface area contributed by atoms with Gasteiger partial charge in [-0.2, -0.15) is 26.3 Å². The van der Waals surface area contributed by atoms with Crippen molar-refractivity contribution in [2.24, 2.45) is 4.99 Å². The SMILES string of the molecule is C=C/C=C\C=C1/CN=CC=C1Nc1ccc(C(F)(F)F)cn1.Cc1ncccc1C(F)(F)F. The molecule has 0 unspecified atom stereocenters. The number of dihydropyridines is 1. The molecule has 3 heterocycles. The number of halogens is 6. The van der Waals surface area contributed by atoms with E-state index in [1.807, 2.05) is 12.2 Å². The van der Waals surface area contributed by atoms with Gasteiger partial charge in [-0.3, -0.25) is 9.98 Å². The lowest BCUT2D eigenvalue weighted by Gasteiger charge is -2.15. The van der Waals surface area contributed by atoms with Gasteiger partial charge in [-0.05, 0) is 42.8 Å². The molecule has 0 bridgehead atoms. The van der Waals surface area contributed by atoms with Crippen LogP contribution in [0.15, 0.2) is 89.9 Å². The van der Waals surface area contributed by atoms with Gasteiger partial charge >= 0.3 is 12.4 Å². The van der Waals surface area contributed by atoms with E-state index in [-0.39, 0.29) is 5.69 Å². The average Bonchev–Trinajstić information content (AvgIpc) is 2.75. The molecule has 1 aliphatic heterocycles. The number of aromatic nitrogens is 2. The predicted molar refractivity (Wildman–Crippen MR) is 116 cm³/mol. The van der Waals surface area contributed by atoms with Crippen molar-refractivity contribution in [3.05, 3.63) is 102 Å². The highest BCUT2D eigenvalue weighted by molar-refractivity contribution is 5.77. The maximum absolute atomic E-state index is 12.5. The fourth-order valence-electron chi connectivity index (χ4n) is 2.54. The second kappa shape index (κ2) is 11.3. The summed E-state index contributed by atoms with van der Waals surface area (Å²) in [6.45, 7) is 5.40. The van der Waals surface area contributed by atoms with Gasteiger partial charge in [0.15, 0.2) is 0 Å². The first kappa shape index (κ1) is 25.6. The van der Waals surface area contributed by atoms with Crippen LogP contribution in [0.25, 0.3) is 0 Å². The van der Waals surface area contributed by atoms with Crippen LogP contribution in [0.2, 0.25) is 0 Å². The molecule has 2 aromatic heterocycles. The molecule has 10 heteroatoms. The number of allylic oxidation sites excluding steroid dienone is 5. The van der Waals surface area contributed by atoms with Crippen molar-refractivity contribution in [3.8, 4) is 0 Å². The summed E-state index contributed by atoms with van der Waals surface area (Å²) in [5, 5.41) is 3.00. The van der Waals surface area contributed by atoms with Crippen molar-refractivity contribution in [1.29, 1.82) is 0 Å². The second-order valence-electron chi connectivity index (χ2n) is 6.57. The summed E-state index contributed by atoms with van der Waals surface area (Å²) in [5.74, 6) is 0.341. The van der Waals surface area contributed by atoms with Gasteiger partial charge in [0, 0.05) is 30.0 Å². The normalized spacial score (nSPS) is 15.1. The van der Waals surface area contributed by atoms with E-state index in [1.54, 1.807) is 24.4 Å². The van der Waals surface area contributed by atoms with E-state index < -0.39 is 23.5 Å². The minimum atomic E-state index is -4.39. The molecule has 33 heavy (non-hydrogen) atoms. The zero-order valence-corrected chi connectivity index (χ0v) is 17.5. The van der Waals surface area contributed by atoms with Crippen LogP contribution >= 0.6 is 0 Å². The largest absolute Gasteiger partial charge is 0.418 e. The Hall–Kier alpha value is -3.69. The minimum Gasteiger partial charge on any atom is -0.340 e. The van der Waals surface area contributed by atoms with Gasteiger partial charge < -0.3 is 5.32 Å². The van der Waals surface area contributed by atoms with Gasteiger partial charge in [0.2, 0.25) is 0 Å². The molecule has 0 atom stereocenters. The third-order valence-corrected chi connectivity index (χ3v) is 4.16. The molecule has 1 aliphatic rings. The first-order valence-electron chi connectivity index (χ1n) is 9.50. The molecule has 174 valence electrons. The standard InChI is InChI=1S/C16H14F3N3.C7H6F3N/c1-2-3-4-5-12-10-20-9-8-14(12)22-15-7-6-13(11-21-15)16(17,18)19;1-5-6(7(8,9)10)3-2-4-11-5/h2-9,11H,1,10H2,(H,21,22);2-4H,1H3/b4-3-,12-5+;. The molecular weight excluding hydrogens is 446 g/mol. The van der Waals surface area contributed by atoms with Crippen LogP contribution in [0, 0.1) is 6.92 Å². The van der Waals surface area contributed by atoms with Crippen LogP contribution in [0.3, 0.4) is 0 Å². The molecule has 0 aromatic carbocycles. The first-order chi connectivity index (χ1) is 15.5. The Morgan fingerprint density at radius 1 is 1.00 bits per heavy atom. The van der Waals surface area contributed by atoms with Gasteiger partial charge in [-0.1, -0.05) is 30.9 Å². The Bertz CT molecular complexity index is 1060. The fourth-order valence-corrected chi connectivity index (χ4v) is 2.54. The van der Waals surface area contributed by atoms with Crippen molar-refractivity contribution >= 4 is 12.0 Å². The van der Waals surface area contributed by atoms with Crippen LogP contribution in [0.5, 0.6) is 0 Å². The number of hydrogen-bond donors (Lipinski definition) is 1. The third-order valence-electron chi connectivity index (χ3n) is 4.16. The van der Waals surface area contributed by atoms with Crippen molar-refractivity contribution < 1.29 is 26.3 Å². The van der Waals surface area contributed by atoms with Crippen molar-refractivity contribution in [2.45, 2.75) is 19.3 Å². The minimum absolute atomic E-state index is 0.0139. The number of nitrogens with one attached hydrogen (secondary N) is 1. The van der Waals surface area contributed by atoms with E-state index in [0.29, 0.717) is 12.4 Å². The van der Waals surface area contributed by atoms with Crippen LogP contribution in [-0.4, -0.2) is 22.7 Å². The Morgan fingerprint density at radius 3 is 2.30 bits per heavy atom. The van der Waals surface area contributed by atoms with Crippen LogP contribution < -0.4 is 5.32 Å². The first-order valence-corrected chi connectivity index (χ1v) is 9.50. The van der Waals surface area contributed by atoms with E-state index in [9.17, 15) is 26.3 Å². The molecular formula is C23H20F6N4. The van der Waals surface area contributed by atoms with E-state index in [4.69, 9.17) is 0 Å². The smallest absolute Gasteiger partial charge is 0.340 e. The van der Waals surface area contributed by atoms with Crippen LogP contribution in [0.1, 0.15) is 16.8 Å². The van der Waals surface area contributed by atoms with Crippen LogP contribution in [0.4, 0.5) is 32.2 Å². The van der Waals surface area contributed by atoms with E-state index >= 15 is 0 Å². The van der Waals surface area contributed by atoms with Crippen molar-refractivity contribution in [3.63, 3.8) is 0 Å². The predicted octanol–water partition coefficient (Wildman–Crippen LogP) is 6.56. The molecule has 2 aromatic rings. The molecule has 0 amide bonds. The van der Waals surface area contributed by atoms with Crippen molar-refractivity contribution in [2.75, 3.05) is 11.9 Å². The summed E-state index contributed by atoms with van der Waals surface area (Å²) in [6, 6.07) is 4.58. The molecule has 0 radical (unpaired) electrons. The zero-order valence-electron chi connectivity index (χ0n) is 17.5. The number of aliphatic imine (C=N–C) groups is 1. The number of pyridine rings is 2. The summed E-state index contributed by atoms with van der Waals surface area (Å²) in [4.78, 5) is 11.5. The lowest BCUT2D eigenvalue weighted by atomic mass is 10.1. The number of rotatable bonds is 4. The molecule has 0 spiro atoms.